The van der Waals surface area contributed by atoms with Crippen LogP contribution in [0.2, 0.25) is 0 Å². The molecule has 1 saturated heterocycles. The van der Waals surface area contributed by atoms with Crippen LogP contribution >= 0.6 is 0 Å². The summed E-state index contributed by atoms with van der Waals surface area (Å²) in [6.07, 6.45) is -0.817. The molecule has 1 aliphatic heterocycles. The van der Waals surface area contributed by atoms with Crippen LogP contribution in [-0.4, -0.2) is 31.5 Å². The molecule has 3 heteroatoms. The zero-order valence-corrected chi connectivity index (χ0v) is 6.43. The van der Waals surface area contributed by atoms with Gasteiger partial charge in [0.1, 0.15) is 6.17 Å². The van der Waals surface area contributed by atoms with E-state index in [1.54, 1.807) is 0 Å². The Labute approximate surface area is 60.8 Å². The van der Waals surface area contributed by atoms with E-state index in [0.717, 1.165) is 0 Å². The lowest BCUT2D eigenvalue weighted by Crippen LogP contribution is -2.40. The van der Waals surface area contributed by atoms with Crippen molar-refractivity contribution in [3.63, 3.8) is 0 Å². The molecule has 2 atom stereocenters. The lowest BCUT2D eigenvalue weighted by atomic mass is 10.2. The van der Waals surface area contributed by atoms with Crippen molar-refractivity contribution in [1.29, 1.82) is 0 Å². The van der Waals surface area contributed by atoms with Gasteiger partial charge in [0.25, 0.3) is 0 Å². The molecule has 0 aromatic rings. The Morgan fingerprint density at radius 1 is 1.50 bits per heavy atom. The molecule has 1 rings (SSSR count). The molecule has 0 bridgehead atoms. The molecule has 0 saturated carbocycles. The standard InChI is InChI=1S/C7H14FNO/c1-5(2)9-7-4-10-3-6(7)8/h5-7,9H,3-4H2,1-2H3/t6-,7-/m1/s1. The number of hydrogen-bond acceptors (Lipinski definition) is 2. The fourth-order valence-electron chi connectivity index (χ4n) is 1.11. The number of rotatable bonds is 2. The SMILES string of the molecule is CC(C)N[C@@H]1COC[C@H]1F. The van der Waals surface area contributed by atoms with Crippen molar-refractivity contribution in [1.82, 2.24) is 5.32 Å². The Bertz CT molecular complexity index is 108. The molecule has 2 nitrogen and oxygen atoms in total. The topological polar surface area (TPSA) is 21.3 Å². The summed E-state index contributed by atoms with van der Waals surface area (Å²) in [6, 6.07) is 0.255. The van der Waals surface area contributed by atoms with Crippen molar-refractivity contribution < 1.29 is 9.13 Å². The van der Waals surface area contributed by atoms with Gasteiger partial charge in [-0.1, -0.05) is 13.8 Å². The second-order valence-corrected chi connectivity index (χ2v) is 2.98. The van der Waals surface area contributed by atoms with Crippen molar-refractivity contribution in [3.8, 4) is 0 Å². The van der Waals surface area contributed by atoms with Crippen LogP contribution < -0.4 is 5.32 Å². The Hall–Kier alpha value is -0.150. The van der Waals surface area contributed by atoms with Crippen LogP contribution in [0.1, 0.15) is 13.8 Å². The molecule has 0 aromatic carbocycles. The minimum absolute atomic E-state index is 0.0833. The highest BCUT2D eigenvalue weighted by molar-refractivity contribution is 4.81. The largest absolute Gasteiger partial charge is 0.377 e. The van der Waals surface area contributed by atoms with Gasteiger partial charge in [-0.25, -0.2) is 4.39 Å². The van der Waals surface area contributed by atoms with E-state index in [1.807, 2.05) is 13.8 Å². The first-order valence-corrected chi connectivity index (χ1v) is 3.68. The second kappa shape index (κ2) is 3.30. The summed E-state index contributed by atoms with van der Waals surface area (Å²) in [5.74, 6) is 0. The third kappa shape index (κ3) is 1.92. The summed E-state index contributed by atoms with van der Waals surface area (Å²) in [4.78, 5) is 0. The number of ether oxygens (including phenoxy) is 1. The minimum Gasteiger partial charge on any atom is -0.377 e. The molecule has 0 aromatic heterocycles. The predicted molar refractivity (Wildman–Crippen MR) is 37.8 cm³/mol. The van der Waals surface area contributed by atoms with Crippen molar-refractivity contribution in [2.24, 2.45) is 0 Å². The Balaban J connectivity index is 2.26. The molecular formula is C7H14FNO. The Morgan fingerprint density at radius 2 is 2.20 bits per heavy atom. The summed E-state index contributed by atoms with van der Waals surface area (Å²) >= 11 is 0. The summed E-state index contributed by atoms with van der Waals surface area (Å²) in [7, 11) is 0. The summed E-state index contributed by atoms with van der Waals surface area (Å²) in [6.45, 7) is 4.78. The fraction of sp³-hybridized carbons (Fsp3) is 1.00. The quantitative estimate of drug-likeness (QED) is 0.621. The van der Waals surface area contributed by atoms with Crippen LogP contribution in [0.5, 0.6) is 0 Å². The fourth-order valence-corrected chi connectivity index (χ4v) is 1.11. The van der Waals surface area contributed by atoms with Crippen molar-refractivity contribution in [3.05, 3.63) is 0 Å². The van der Waals surface area contributed by atoms with Gasteiger partial charge in [0.2, 0.25) is 0 Å². The molecule has 1 N–H and O–H groups in total. The van der Waals surface area contributed by atoms with Gasteiger partial charge in [-0.05, 0) is 0 Å². The normalized spacial score (nSPS) is 33.6. The van der Waals surface area contributed by atoms with E-state index in [2.05, 4.69) is 5.32 Å². The molecule has 1 aliphatic rings. The predicted octanol–water partition coefficient (Wildman–Crippen LogP) is 0.721. The van der Waals surface area contributed by atoms with Crippen LogP contribution in [0.25, 0.3) is 0 Å². The highest BCUT2D eigenvalue weighted by atomic mass is 19.1. The average molecular weight is 147 g/mol. The highest BCUT2D eigenvalue weighted by Crippen LogP contribution is 2.09. The van der Waals surface area contributed by atoms with E-state index >= 15 is 0 Å². The van der Waals surface area contributed by atoms with Crippen molar-refractivity contribution in [2.45, 2.75) is 32.1 Å². The Morgan fingerprint density at radius 3 is 2.60 bits per heavy atom. The van der Waals surface area contributed by atoms with E-state index < -0.39 is 6.17 Å². The average Bonchev–Trinajstić information content (AvgIpc) is 2.15. The molecule has 1 heterocycles. The zero-order valence-electron chi connectivity index (χ0n) is 6.43. The first kappa shape index (κ1) is 7.95. The van der Waals surface area contributed by atoms with E-state index in [0.29, 0.717) is 12.6 Å². The number of halogens is 1. The summed E-state index contributed by atoms with van der Waals surface area (Å²) in [5.41, 5.74) is 0. The van der Waals surface area contributed by atoms with Gasteiger partial charge in [0, 0.05) is 6.04 Å². The van der Waals surface area contributed by atoms with Crippen LogP contribution in [0.15, 0.2) is 0 Å². The van der Waals surface area contributed by atoms with E-state index in [9.17, 15) is 4.39 Å². The van der Waals surface area contributed by atoms with Crippen LogP contribution in [-0.2, 0) is 4.74 Å². The van der Waals surface area contributed by atoms with Gasteiger partial charge >= 0.3 is 0 Å². The number of hydrogen-bond donors (Lipinski definition) is 1. The second-order valence-electron chi connectivity index (χ2n) is 2.98. The summed E-state index contributed by atoms with van der Waals surface area (Å²) < 4.78 is 17.7. The van der Waals surface area contributed by atoms with Gasteiger partial charge in [-0.2, -0.15) is 0 Å². The third-order valence-corrected chi connectivity index (χ3v) is 1.56. The maximum Gasteiger partial charge on any atom is 0.141 e. The Kier molecular flexibility index (Phi) is 2.63. The van der Waals surface area contributed by atoms with E-state index in [1.165, 1.54) is 0 Å². The van der Waals surface area contributed by atoms with Gasteiger partial charge in [-0.15, -0.1) is 0 Å². The van der Waals surface area contributed by atoms with Crippen LogP contribution in [0, 0.1) is 0 Å². The van der Waals surface area contributed by atoms with Crippen LogP contribution in [0.4, 0.5) is 4.39 Å². The van der Waals surface area contributed by atoms with Crippen molar-refractivity contribution in [2.75, 3.05) is 13.2 Å². The summed E-state index contributed by atoms with van der Waals surface area (Å²) in [5, 5.41) is 3.09. The molecule has 0 amide bonds. The van der Waals surface area contributed by atoms with Crippen LogP contribution in [0.3, 0.4) is 0 Å². The van der Waals surface area contributed by atoms with Gasteiger partial charge in [-0.3, -0.25) is 0 Å². The van der Waals surface area contributed by atoms with E-state index in [4.69, 9.17) is 4.74 Å². The van der Waals surface area contributed by atoms with Crippen molar-refractivity contribution >= 4 is 0 Å². The van der Waals surface area contributed by atoms with Gasteiger partial charge in [0.05, 0.1) is 19.3 Å². The molecule has 0 spiro atoms. The maximum absolute atomic E-state index is 12.8. The minimum atomic E-state index is -0.817. The highest BCUT2D eigenvalue weighted by Gasteiger charge is 2.27. The maximum atomic E-state index is 12.8. The first-order chi connectivity index (χ1) is 4.70. The lowest BCUT2D eigenvalue weighted by molar-refractivity contribution is 0.172. The van der Waals surface area contributed by atoms with E-state index in [-0.39, 0.29) is 12.6 Å². The molecule has 0 aliphatic carbocycles. The molecule has 10 heavy (non-hydrogen) atoms. The molecule has 0 unspecified atom stereocenters. The third-order valence-electron chi connectivity index (χ3n) is 1.56. The van der Waals surface area contributed by atoms with Gasteiger partial charge in [0.15, 0.2) is 0 Å². The smallest absolute Gasteiger partial charge is 0.141 e. The lowest BCUT2D eigenvalue weighted by Gasteiger charge is -2.15. The zero-order chi connectivity index (χ0) is 7.56. The molecule has 60 valence electrons. The molecule has 0 radical (unpaired) electrons. The monoisotopic (exact) mass is 147 g/mol. The molecular weight excluding hydrogens is 133 g/mol. The first-order valence-electron chi connectivity index (χ1n) is 3.68. The van der Waals surface area contributed by atoms with Gasteiger partial charge < -0.3 is 10.1 Å². The molecule has 1 fully saturated rings. The number of nitrogens with one attached hydrogen (secondary N) is 1. The number of alkyl halides is 1.